The van der Waals surface area contributed by atoms with Gasteiger partial charge in [0.2, 0.25) is 11.8 Å². The molecule has 77 heavy (non-hydrogen) atoms. The SMILES string of the molecule is CC(C)(C)OC(=O)CCOCCOCCOCCOCCNC(=O)C(N)CSCC(=O)N(CCCNC(=O)OCC[Si](C)(C)C)C(c1cc(-c2cc(F)ccc2F)cn1Cc1ccccc1)C(C)(C)C.O=C(O)C(F)(F)F. The Morgan fingerprint density at radius 2 is 1.38 bits per heavy atom. The van der Waals surface area contributed by atoms with Gasteiger partial charge in [-0.15, -0.1) is 11.8 Å². The van der Waals surface area contributed by atoms with Crippen LogP contribution < -0.4 is 16.4 Å². The van der Waals surface area contributed by atoms with Crippen LogP contribution in [0.25, 0.3) is 11.1 Å². The molecule has 2 atom stereocenters. The summed E-state index contributed by atoms with van der Waals surface area (Å²) in [6.45, 7) is 22.2. The summed E-state index contributed by atoms with van der Waals surface area (Å²) in [6, 6.07) is 14.3. The molecule has 0 radical (unpaired) electrons. The lowest BCUT2D eigenvalue weighted by molar-refractivity contribution is -0.192. The summed E-state index contributed by atoms with van der Waals surface area (Å²) in [7, 11) is -1.40. The first-order chi connectivity index (χ1) is 36.0. The Morgan fingerprint density at radius 1 is 0.792 bits per heavy atom. The number of carbonyl (C=O) groups excluding carboxylic acids is 4. The molecule has 0 saturated carbocycles. The fraction of sp³-hybridized carbons (Fsp3) is 0.604. The Kier molecular flexibility index (Phi) is 30.0. The third-order valence-corrected chi connectivity index (χ3v) is 13.4. The predicted octanol–water partition coefficient (Wildman–Crippen LogP) is 8.46. The van der Waals surface area contributed by atoms with E-state index in [1.54, 1.807) is 11.1 Å². The Bertz CT molecular complexity index is 2260. The fourth-order valence-electron chi connectivity index (χ4n) is 7.07. The van der Waals surface area contributed by atoms with Crippen molar-refractivity contribution in [2.45, 2.75) is 110 Å². The van der Waals surface area contributed by atoms with Crippen molar-refractivity contribution in [2.75, 3.05) is 90.6 Å². The lowest BCUT2D eigenvalue weighted by Crippen LogP contribution is -2.45. The number of ether oxygens (including phenoxy) is 6. The van der Waals surface area contributed by atoms with Crippen LogP contribution in [0.15, 0.2) is 60.8 Å². The van der Waals surface area contributed by atoms with Crippen molar-refractivity contribution in [3.63, 3.8) is 0 Å². The Hall–Kier alpha value is -5.11. The molecule has 0 spiro atoms. The zero-order valence-electron chi connectivity index (χ0n) is 45.9. The number of carboxylic acids is 1. The van der Waals surface area contributed by atoms with E-state index in [1.165, 1.54) is 17.8 Å². The molecule has 3 aromatic rings. The van der Waals surface area contributed by atoms with Crippen molar-refractivity contribution in [3.8, 4) is 11.1 Å². The summed E-state index contributed by atoms with van der Waals surface area (Å²) in [6.07, 6.45) is -3.22. The first-order valence-corrected chi connectivity index (χ1v) is 30.2. The third kappa shape index (κ3) is 29.4. The molecular weight excluding hydrogens is 1050 g/mol. The van der Waals surface area contributed by atoms with Gasteiger partial charge in [-0.05, 0) is 68.5 Å². The van der Waals surface area contributed by atoms with E-state index in [1.807, 2.05) is 82.5 Å². The Balaban J connectivity index is 0.00000270. The van der Waals surface area contributed by atoms with Crippen molar-refractivity contribution in [3.05, 3.63) is 83.7 Å². The van der Waals surface area contributed by atoms with E-state index in [2.05, 4.69) is 30.3 Å². The summed E-state index contributed by atoms with van der Waals surface area (Å²) >= 11 is 1.24. The number of aliphatic carboxylic acids is 1. The highest BCUT2D eigenvalue weighted by Gasteiger charge is 2.39. The highest BCUT2D eigenvalue weighted by atomic mass is 32.2. The molecule has 0 saturated heterocycles. The number of nitrogens with one attached hydrogen (secondary N) is 2. The number of carbonyl (C=O) groups is 5. The van der Waals surface area contributed by atoms with Crippen molar-refractivity contribution in [1.29, 1.82) is 0 Å². The molecule has 434 valence electrons. The lowest BCUT2D eigenvalue weighted by Gasteiger charge is -2.41. The van der Waals surface area contributed by atoms with Gasteiger partial charge in [0.05, 0.1) is 83.7 Å². The summed E-state index contributed by atoms with van der Waals surface area (Å²) in [5.74, 6) is -4.64. The maximum absolute atomic E-state index is 15.3. The minimum Gasteiger partial charge on any atom is -0.475 e. The van der Waals surface area contributed by atoms with Gasteiger partial charge >= 0.3 is 24.2 Å². The molecular formula is C53H80F5N5O12SSi. The first-order valence-electron chi connectivity index (χ1n) is 25.3. The van der Waals surface area contributed by atoms with Crippen LogP contribution in [0.5, 0.6) is 0 Å². The van der Waals surface area contributed by atoms with Gasteiger partial charge in [-0.2, -0.15) is 13.2 Å². The molecule has 5 N–H and O–H groups in total. The third-order valence-electron chi connectivity index (χ3n) is 10.7. The van der Waals surface area contributed by atoms with E-state index in [4.69, 9.17) is 44.1 Å². The number of aromatic nitrogens is 1. The number of nitrogens with zero attached hydrogens (tertiary/aromatic N) is 2. The van der Waals surface area contributed by atoms with E-state index in [0.717, 1.165) is 29.4 Å². The number of nitrogens with two attached hydrogens (primary N) is 1. The molecule has 0 bridgehead atoms. The summed E-state index contributed by atoms with van der Waals surface area (Å²) in [4.78, 5) is 62.4. The molecule has 0 aliphatic carbocycles. The van der Waals surface area contributed by atoms with Gasteiger partial charge in [-0.25, -0.2) is 18.4 Å². The van der Waals surface area contributed by atoms with Crippen molar-refractivity contribution in [2.24, 2.45) is 11.1 Å². The number of halogens is 5. The second-order valence-corrected chi connectivity index (χ2v) is 27.6. The van der Waals surface area contributed by atoms with E-state index < -0.39 is 61.0 Å². The molecule has 17 nitrogen and oxygen atoms in total. The fourth-order valence-corrected chi connectivity index (χ4v) is 8.65. The van der Waals surface area contributed by atoms with Crippen molar-refractivity contribution >= 4 is 49.7 Å². The Labute approximate surface area is 454 Å². The van der Waals surface area contributed by atoms with Gasteiger partial charge in [0, 0.05) is 63.0 Å². The van der Waals surface area contributed by atoms with Gasteiger partial charge in [-0.1, -0.05) is 70.7 Å². The van der Waals surface area contributed by atoms with Gasteiger partial charge in [0.1, 0.15) is 17.2 Å². The number of rotatable bonds is 32. The highest BCUT2D eigenvalue weighted by Crippen LogP contribution is 2.41. The van der Waals surface area contributed by atoms with Crippen LogP contribution in [0.2, 0.25) is 25.7 Å². The number of amides is 3. The molecule has 1 aromatic heterocycles. The lowest BCUT2D eigenvalue weighted by atomic mass is 9.83. The maximum Gasteiger partial charge on any atom is 0.490 e. The quantitative estimate of drug-likeness (QED) is 0.0200. The van der Waals surface area contributed by atoms with Crippen molar-refractivity contribution < 1.29 is 79.5 Å². The largest absolute Gasteiger partial charge is 0.490 e. The smallest absolute Gasteiger partial charge is 0.475 e. The predicted molar refractivity (Wildman–Crippen MR) is 287 cm³/mol. The van der Waals surface area contributed by atoms with Crippen LogP contribution in [-0.4, -0.2) is 161 Å². The molecule has 2 aromatic carbocycles. The summed E-state index contributed by atoms with van der Waals surface area (Å²) in [5.41, 5.74) is 7.45. The molecule has 3 amide bonds. The normalized spacial score (nSPS) is 12.7. The van der Waals surface area contributed by atoms with E-state index in [9.17, 15) is 36.7 Å². The van der Waals surface area contributed by atoms with Crippen LogP contribution in [0.1, 0.15) is 71.7 Å². The van der Waals surface area contributed by atoms with Crippen LogP contribution in [0.3, 0.4) is 0 Å². The summed E-state index contributed by atoms with van der Waals surface area (Å²) in [5, 5.41) is 12.7. The molecule has 0 aliphatic rings. The standard InChI is InChI=1S/C51H79F2N5O10SSi.C2HF3O2/c1-50(2,3)47(44-32-39(41-33-40(52)16-17-42(41)53)35-57(44)34-38-14-11-10-12-15-38)58(21-13-19-56-49(62)67-30-31-70(7,8)9)45(59)37-69-36-43(54)48(61)55-20-23-64-25-27-66-29-28-65-26-24-63-22-18-46(60)68-51(4,5)6;3-2(4,5)1(6)7/h10-12,14-17,32-33,35,43,47H,13,18-31,34,36-37,54H2,1-9H3,(H,55,61)(H,56,62);(H,6,7). The number of alkyl carbamates (subject to hydrolysis) is 1. The van der Waals surface area contributed by atoms with E-state index in [0.29, 0.717) is 64.8 Å². The van der Waals surface area contributed by atoms with Crippen molar-refractivity contribution in [1.82, 2.24) is 20.1 Å². The Morgan fingerprint density at radius 3 is 1.94 bits per heavy atom. The monoisotopic (exact) mass is 1130 g/mol. The average molecular weight is 1130 g/mol. The first kappa shape index (κ1) is 68.0. The molecule has 3 rings (SSSR count). The van der Waals surface area contributed by atoms with Crippen LogP contribution in [0, 0.1) is 17.0 Å². The zero-order chi connectivity index (χ0) is 57.8. The minimum absolute atomic E-state index is 0.00226. The van der Waals surface area contributed by atoms with Gasteiger partial charge in [0.25, 0.3) is 0 Å². The van der Waals surface area contributed by atoms with E-state index in [-0.39, 0.29) is 74.1 Å². The topological polar surface area (TPSA) is 219 Å². The number of hydrogen-bond donors (Lipinski definition) is 4. The number of thioether (sulfide) groups is 1. The molecule has 0 aliphatic heterocycles. The second-order valence-electron chi connectivity index (χ2n) is 21.0. The van der Waals surface area contributed by atoms with Gasteiger partial charge in [-0.3, -0.25) is 14.4 Å². The average Bonchev–Trinajstić information content (AvgIpc) is 3.72. The minimum atomic E-state index is -5.08. The molecule has 24 heteroatoms. The van der Waals surface area contributed by atoms with Crippen LogP contribution in [-0.2, 0) is 54.1 Å². The number of alkyl halides is 3. The summed E-state index contributed by atoms with van der Waals surface area (Å²) < 4.78 is 96.2. The number of hydrogen-bond acceptors (Lipinski definition) is 13. The van der Waals surface area contributed by atoms with Gasteiger partial charge < -0.3 is 59.4 Å². The molecule has 2 unspecified atom stereocenters. The zero-order valence-corrected chi connectivity index (χ0v) is 47.7. The maximum atomic E-state index is 15.3. The van der Waals surface area contributed by atoms with Crippen LogP contribution in [0.4, 0.5) is 26.7 Å². The number of esters is 1. The molecule has 0 fully saturated rings. The highest BCUT2D eigenvalue weighted by molar-refractivity contribution is 8.00. The molecule has 1 heterocycles. The number of benzene rings is 2. The van der Waals surface area contributed by atoms with Gasteiger partial charge in [0.15, 0.2) is 0 Å². The second kappa shape index (κ2) is 34.0. The number of carboxylic acid groups (broad SMARTS) is 1. The van der Waals surface area contributed by atoms with Crippen LogP contribution >= 0.6 is 11.8 Å². The van der Waals surface area contributed by atoms with E-state index >= 15 is 4.39 Å².